The average molecular weight is 269 g/mol. The molecule has 0 fully saturated rings. The van der Waals surface area contributed by atoms with Crippen LogP contribution in [0.25, 0.3) is 11.0 Å². The van der Waals surface area contributed by atoms with Crippen molar-refractivity contribution in [3.8, 4) is 0 Å². The highest BCUT2D eigenvalue weighted by Crippen LogP contribution is 2.35. The largest absolute Gasteiger partial charge is 0.481 e. The van der Waals surface area contributed by atoms with Crippen LogP contribution in [0.2, 0.25) is 0 Å². The van der Waals surface area contributed by atoms with Gasteiger partial charge in [0, 0.05) is 5.39 Å². The molecule has 1 atom stereocenters. The lowest BCUT2D eigenvalue weighted by Crippen LogP contribution is -2.06. The Kier molecular flexibility index (Phi) is 2.52. The molecule has 0 aliphatic rings. The Morgan fingerprint density at radius 2 is 2.13 bits per heavy atom. The van der Waals surface area contributed by atoms with E-state index in [0.717, 1.165) is 9.86 Å². The van der Waals surface area contributed by atoms with Crippen LogP contribution in [0, 0.1) is 0 Å². The quantitative estimate of drug-likeness (QED) is 0.909. The molecule has 4 heteroatoms. The minimum absolute atomic E-state index is 0.462. The summed E-state index contributed by atoms with van der Waals surface area (Å²) in [6.45, 7) is 1.60. The number of aliphatic carboxylic acids is 1. The van der Waals surface area contributed by atoms with Crippen LogP contribution in [-0.4, -0.2) is 11.1 Å². The van der Waals surface area contributed by atoms with Gasteiger partial charge in [-0.2, -0.15) is 0 Å². The molecule has 0 saturated heterocycles. The minimum Gasteiger partial charge on any atom is -0.481 e. The Bertz CT molecular complexity index is 516. The number of furan rings is 1. The van der Waals surface area contributed by atoms with E-state index in [2.05, 4.69) is 15.9 Å². The van der Waals surface area contributed by atoms with Gasteiger partial charge in [0.15, 0.2) is 0 Å². The highest BCUT2D eigenvalue weighted by molar-refractivity contribution is 9.10. The van der Waals surface area contributed by atoms with Gasteiger partial charge in [0.2, 0.25) is 0 Å². The summed E-state index contributed by atoms with van der Waals surface area (Å²) in [5.41, 5.74) is 0.701. The fourth-order valence-corrected chi connectivity index (χ4v) is 2.18. The third-order valence-electron chi connectivity index (χ3n) is 2.32. The Morgan fingerprint density at radius 3 is 2.73 bits per heavy atom. The Labute approximate surface area is 94.8 Å². The molecule has 1 heterocycles. The molecule has 2 aromatic rings. The van der Waals surface area contributed by atoms with E-state index in [1.54, 1.807) is 6.92 Å². The molecule has 1 N–H and O–H groups in total. The number of rotatable bonds is 2. The van der Waals surface area contributed by atoms with E-state index >= 15 is 0 Å². The molecular formula is C11H9BrO3. The van der Waals surface area contributed by atoms with Gasteiger partial charge in [0.1, 0.15) is 17.3 Å². The molecule has 1 unspecified atom stereocenters. The van der Waals surface area contributed by atoms with Gasteiger partial charge in [-0.05, 0) is 35.0 Å². The number of fused-ring (bicyclic) bond motifs is 1. The molecule has 2 rings (SSSR count). The smallest absolute Gasteiger partial charge is 0.313 e. The van der Waals surface area contributed by atoms with Gasteiger partial charge in [-0.3, -0.25) is 4.79 Å². The molecule has 0 bridgehead atoms. The predicted molar refractivity (Wildman–Crippen MR) is 60.0 cm³/mol. The van der Waals surface area contributed by atoms with Crippen LogP contribution in [0.1, 0.15) is 18.6 Å². The van der Waals surface area contributed by atoms with Crippen molar-refractivity contribution in [1.29, 1.82) is 0 Å². The zero-order valence-electron chi connectivity index (χ0n) is 8.03. The molecule has 15 heavy (non-hydrogen) atoms. The first kappa shape index (κ1) is 10.2. The molecule has 0 saturated carbocycles. The van der Waals surface area contributed by atoms with E-state index in [-0.39, 0.29) is 0 Å². The normalized spacial score (nSPS) is 12.9. The van der Waals surface area contributed by atoms with E-state index in [9.17, 15) is 4.79 Å². The zero-order valence-corrected chi connectivity index (χ0v) is 9.61. The summed E-state index contributed by atoms with van der Waals surface area (Å²) in [5.74, 6) is -1.08. The lowest BCUT2D eigenvalue weighted by Gasteiger charge is -2.01. The van der Waals surface area contributed by atoms with Crippen molar-refractivity contribution in [2.45, 2.75) is 12.8 Å². The summed E-state index contributed by atoms with van der Waals surface area (Å²) in [5, 5.41) is 9.81. The van der Waals surface area contributed by atoms with Crippen LogP contribution in [-0.2, 0) is 4.79 Å². The van der Waals surface area contributed by atoms with Crippen LogP contribution in [0.4, 0.5) is 0 Å². The van der Waals surface area contributed by atoms with Crippen LogP contribution >= 0.6 is 15.9 Å². The summed E-state index contributed by atoms with van der Waals surface area (Å²) in [7, 11) is 0. The molecular weight excluding hydrogens is 260 g/mol. The van der Waals surface area contributed by atoms with Gasteiger partial charge in [0.05, 0.1) is 4.47 Å². The Hall–Kier alpha value is -1.29. The highest BCUT2D eigenvalue weighted by Gasteiger charge is 2.22. The van der Waals surface area contributed by atoms with Crippen molar-refractivity contribution in [1.82, 2.24) is 0 Å². The van der Waals surface area contributed by atoms with Crippen molar-refractivity contribution >= 4 is 32.9 Å². The number of hydrogen-bond donors (Lipinski definition) is 1. The molecule has 0 aliphatic heterocycles. The maximum atomic E-state index is 10.8. The lowest BCUT2D eigenvalue weighted by molar-refractivity contribution is -0.138. The number of hydrogen-bond acceptors (Lipinski definition) is 2. The lowest BCUT2D eigenvalue weighted by atomic mass is 10.1. The molecule has 1 aromatic heterocycles. The van der Waals surface area contributed by atoms with E-state index in [0.29, 0.717) is 11.3 Å². The SMILES string of the molecule is CC(C(=O)O)c1oc2ccccc2c1Br. The van der Waals surface area contributed by atoms with E-state index in [4.69, 9.17) is 9.52 Å². The van der Waals surface area contributed by atoms with Crippen molar-refractivity contribution < 1.29 is 14.3 Å². The maximum absolute atomic E-state index is 10.8. The summed E-state index contributed by atoms with van der Waals surface area (Å²) in [4.78, 5) is 10.8. The Morgan fingerprint density at radius 1 is 1.47 bits per heavy atom. The first-order valence-corrected chi connectivity index (χ1v) is 5.30. The molecule has 0 spiro atoms. The predicted octanol–water partition coefficient (Wildman–Crippen LogP) is 3.38. The van der Waals surface area contributed by atoms with Crippen LogP contribution < -0.4 is 0 Å². The number of benzene rings is 1. The van der Waals surface area contributed by atoms with Crippen LogP contribution in [0.5, 0.6) is 0 Å². The van der Waals surface area contributed by atoms with Crippen LogP contribution in [0.15, 0.2) is 33.2 Å². The van der Waals surface area contributed by atoms with Gasteiger partial charge < -0.3 is 9.52 Å². The second-order valence-electron chi connectivity index (χ2n) is 3.34. The standard InChI is InChI=1S/C11H9BrO3/c1-6(11(13)14)10-9(12)7-4-2-3-5-8(7)15-10/h2-6H,1H3,(H,13,14). The van der Waals surface area contributed by atoms with Crippen molar-refractivity contribution in [3.63, 3.8) is 0 Å². The number of carboxylic acid groups (broad SMARTS) is 1. The number of carbonyl (C=O) groups is 1. The van der Waals surface area contributed by atoms with E-state index < -0.39 is 11.9 Å². The van der Waals surface area contributed by atoms with E-state index in [1.807, 2.05) is 24.3 Å². The molecule has 0 amide bonds. The monoisotopic (exact) mass is 268 g/mol. The molecule has 0 aliphatic carbocycles. The molecule has 78 valence electrons. The first-order valence-electron chi connectivity index (χ1n) is 4.51. The van der Waals surface area contributed by atoms with Gasteiger partial charge in [-0.1, -0.05) is 12.1 Å². The van der Waals surface area contributed by atoms with Gasteiger partial charge in [-0.25, -0.2) is 0 Å². The second kappa shape index (κ2) is 3.70. The zero-order chi connectivity index (χ0) is 11.0. The van der Waals surface area contributed by atoms with Crippen molar-refractivity contribution in [2.75, 3.05) is 0 Å². The number of halogens is 1. The fraction of sp³-hybridized carbons (Fsp3) is 0.182. The summed E-state index contributed by atoms with van der Waals surface area (Å²) in [6, 6.07) is 7.45. The maximum Gasteiger partial charge on any atom is 0.313 e. The topological polar surface area (TPSA) is 50.4 Å². The number of carboxylic acids is 1. The summed E-state index contributed by atoms with van der Waals surface area (Å²) >= 11 is 3.36. The van der Waals surface area contributed by atoms with E-state index in [1.165, 1.54) is 0 Å². The highest BCUT2D eigenvalue weighted by atomic mass is 79.9. The molecule has 1 aromatic carbocycles. The average Bonchev–Trinajstić information content (AvgIpc) is 2.56. The Balaban J connectivity index is 2.63. The van der Waals surface area contributed by atoms with Crippen molar-refractivity contribution in [3.05, 3.63) is 34.5 Å². The summed E-state index contributed by atoms with van der Waals surface area (Å²) in [6.07, 6.45) is 0. The second-order valence-corrected chi connectivity index (χ2v) is 4.13. The third-order valence-corrected chi connectivity index (χ3v) is 3.14. The fourth-order valence-electron chi connectivity index (χ4n) is 1.42. The van der Waals surface area contributed by atoms with Gasteiger partial charge in [-0.15, -0.1) is 0 Å². The summed E-state index contributed by atoms with van der Waals surface area (Å²) < 4.78 is 6.22. The van der Waals surface area contributed by atoms with Gasteiger partial charge in [0.25, 0.3) is 0 Å². The third kappa shape index (κ3) is 1.65. The molecule has 0 radical (unpaired) electrons. The molecule has 3 nitrogen and oxygen atoms in total. The minimum atomic E-state index is -0.894. The number of para-hydroxylation sites is 1. The first-order chi connectivity index (χ1) is 7.11. The van der Waals surface area contributed by atoms with Crippen LogP contribution in [0.3, 0.4) is 0 Å². The van der Waals surface area contributed by atoms with Gasteiger partial charge >= 0.3 is 5.97 Å². The van der Waals surface area contributed by atoms with Crippen molar-refractivity contribution in [2.24, 2.45) is 0 Å².